The van der Waals surface area contributed by atoms with Crippen LogP contribution in [0.15, 0.2) is 35.1 Å². The zero-order chi connectivity index (χ0) is 13.1. The van der Waals surface area contributed by atoms with Gasteiger partial charge < -0.3 is 9.88 Å². The Morgan fingerprint density at radius 1 is 1.39 bits per heavy atom. The van der Waals surface area contributed by atoms with Gasteiger partial charge in [0.15, 0.2) is 0 Å². The van der Waals surface area contributed by atoms with Gasteiger partial charge in [0.25, 0.3) is 5.56 Å². The Hall–Kier alpha value is -1.42. The second-order valence-corrected chi connectivity index (χ2v) is 5.38. The summed E-state index contributed by atoms with van der Waals surface area (Å²) in [6, 6.07) is 9.99. The predicted molar refractivity (Wildman–Crippen MR) is 80.7 cm³/mol. The molecular formula is C14H18N2OS. The molecule has 1 aromatic carbocycles. The number of aryl methyl sites for hydroxylation is 1. The lowest BCUT2D eigenvalue weighted by atomic mass is 10.1. The van der Waals surface area contributed by atoms with E-state index in [1.807, 2.05) is 24.3 Å². The van der Waals surface area contributed by atoms with Crippen LogP contribution in [-0.4, -0.2) is 22.6 Å². The van der Waals surface area contributed by atoms with E-state index in [4.69, 9.17) is 0 Å². The normalized spacial score (nSPS) is 12.6. The van der Waals surface area contributed by atoms with Crippen LogP contribution in [0.4, 0.5) is 5.69 Å². The van der Waals surface area contributed by atoms with Gasteiger partial charge in [-0.15, -0.1) is 0 Å². The van der Waals surface area contributed by atoms with Gasteiger partial charge in [0.1, 0.15) is 0 Å². The first-order valence-corrected chi connectivity index (χ1v) is 7.37. The summed E-state index contributed by atoms with van der Waals surface area (Å²) >= 11 is 1.80. The molecule has 0 aliphatic heterocycles. The maximum Gasteiger partial charge on any atom is 0.252 e. The SMILES string of the molecule is CSCC(C)Nc1cc(=O)n(C)c2ccccc12. The van der Waals surface area contributed by atoms with Gasteiger partial charge in [-0.25, -0.2) is 0 Å². The quantitative estimate of drug-likeness (QED) is 0.920. The zero-order valence-corrected chi connectivity index (χ0v) is 11.8. The van der Waals surface area contributed by atoms with E-state index < -0.39 is 0 Å². The van der Waals surface area contributed by atoms with Crippen molar-refractivity contribution in [1.29, 1.82) is 0 Å². The molecule has 0 saturated carbocycles. The molecule has 4 heteroatoms. The van der Waals surface area contributed by atoms with Gasteiger partial charge in [-0.1, -0.05) is 18.2 Å². The molecule has 0 bridgehead atoms. The molecule has 18 heavy (non-hydrogen) atoms. The molecule has 0 radical (unpaired) electrons. The molecule has 96 valence electrons. The topological polar surface area (TPSA) is 34.0 Å². The van der Waals surface area contributed by atoms with Crippen molar-refractivity contribution in [2.45, 2.75) is 13.0 Å². The first-order chi connectivity index (χ1) is 8.63. The Morgan fingerprint density at radius 2 is 2.11 bits per heavy atom. The van der Waals surface area contributed by atoms with Crippen LogP contribution in [0.25, 0.3) is 10.9 Å². The molecule has 0 fully saturated rings. The van der Waals surface area contributed by atoms with Crippen molar-refractivity contribution in [3.05, 3.63) is 40.7 Å². The Morgan fingerprint density at radius 3 is 2.83 bits per heavy atom. The fraction of sp³-hybridized carbons (Fsp3) is 0.357. The summed E-state index contributed by atoms with van der Waals surface area (Å²) in [5.74, 6) is 1.02. The van der Waals surface area contributed by atoms with Gasteiger partial charge in [-0.05, 0) is 19.2 Å². The highest BCUT2D eigenvalue weighted by molar-refractivity contribution is 7.98. The number of para-hydroxylation sites is 1. The van der Waals surface area contributed by atoms with Gasteiger partial charge in [0.2, 0.25) is 0 Å². The third-order valence-electron chi connectivity index (χ3n) is 2.97. The smallest absolute Gasteiger partial charge is 0.252 e. The zero-order valence-electron chi connectivity index (χ0n) is 10.9. The van der Waals surface area contributed by atoms with Crippen LogP contribution in [0.5, 0.6) is 0 Å². The summed E-state index contributed by atoms with van der Waals surface area (Å²) in [6.45, 7) is 2.13. The standard InChI is InChI=1S/C14H18N2OS/c1-10(9-18-3)15-12-8-14(17)16(2)13-7-5-4-6-11(12)13/h4-8,10,15H,9H2,1-3H3. The highest BCUT2D eigenvalue weighted by atomic mass is 32.2. The van der Waals surface area contributed by atoms with Gasteiger partial charge in [0, 0.05) is 36.0 Å². The lowest BCUT2D eigenvalue weighted by Gasteiger charge is -2.16. The van der Waals surface area contributed by atoms with Crippen LogP contribution >= 0.6 is 11.8 Å². The summed E-state index contributed by atoms with van der Waals surface area (Å²) in [4.78, 5) is 11.9. The van der Waals surface area contributed by atoms with E-state index in [-0.39, 0.29) is 5.56 Å². The Labute approximate surface area is 111 Å². The molecule has 1 unspecified atom stereocenters. The number of anilines is 1. The highest BCUT2D eigenvalue weighted by Crippen LogP contribution is 2.21. The molecular weight excluding hydrogens is 244 g/mol. The number of rotatable bonds is 4. The van der Waals surface area contributed by atoms with Crippen LogP contribution in [0, 0.1) is 0 Å². The molecule has 1 atom stereocenters. The fourth-order valence-electron chi connectivity index (χ4n) is 2.09. The predicted octanol–water partition coefficient (Wildman–Crippen LogP) is 2.70. The van der Waals surface area contributed by atoms with E-state index in [1.54, 1.807) is 29.4 Å². The Bertz CT molecular complexity index is 606. The van der Waals surface area contributed by atoms with Gasteiger partial charge in [-0.3, -0.25) is 4.79 Å². The Kier molecular flexibility index (Phi) is 3.97. The number of nitrogens with one attached hydrogen (secondary N) is 1. The van der Waals surface area contributed by atoms with E-state index in [0.29, 0.717) is 6.04 Å². The number of aromatic nitrogens is 1. The van der Waals surface area contributed by atoms with E-state index in [1.165, 1.54) is 0 Å². The fourth-order valence-corrected chi connectivity index (χ4v) is 2.67. The minimum atomic E-state index is 0.0209. The van der Waals surface area contributed by atoms with Gasteiger partial charge in [-0.2, -0.15) is 11.8 Å². The first kappa shape index (κ1) is 13.0. The number of hydrogen-bond donors (Lipinski definition) is 1. The number of fused-ring (bicyclic) bond motifs is 1. The van der Waals surface area contributed by atoms with Crippen molar-refractivity contribution in [3.8, 4) is 0 Å². The molecule has 1 heterocycles. The molecule has 1 N–H and O–H groups in total. The van der Waals surface area contributed by atoms with Crippen LogP contribution in [0.1, 0.15) is 6.92 Å². The molecule has 0 amide bonds. The summed E-state index contributed by atoms with van der Waals surface area (Å²) in [5.41, 5.74) is 1.91. The maximum atomic E-state index is 11.9. The molecule has 0 spiro atoms. The number of pyridine rings is 1. The molecule has 3 nitrogen and oxygen atoms in total. The minimum Gasteiger partial charge on any atom is -0.381 e. The summed E-state index contributed by atoms with van der Waals surface area (Å²) < 4.78 is 1.68. The summed E-state index contributed by atoms with van der Waals surface area (Å²) in [7, 11) is 1.81. The van der Waals surface area contributed by atoms with Crippen LogP contribution in [0.2, 0.25) is 0 Å². The minimum absolute atomic E-state index is 0.0209. The molecule has 1 aromatic heterocycles. The lowest BCUT2D eigenvalue weighted by Crippen LogP contribution is -2.22. The maximum absolute atomic E-state index is 11.9. The number of nitrogens with zero attached hydrogens (tertiary/aromatic N) is 1. The summed E-state index contributed by atoms with van der Waals surface area (Å²) in [5, 5.41) is 4.51. The largest absolute Gasteiger partial charge is 0.381 e. The van der Waals surface area contributed by atoms with E-state index in [2.05, 4.69) is 18.5 Å². The second kappa shape index (κ2) is 5.48. The van der Waals surface area contributed by atoms with Crippen molar-refractivity contribution >= 4 is 28.4 Å². The molecule has 0 aliphatic carbocycles. The van der Waals surface area contributed by atoms with Crippen molar-refractivity contribution in [2.24, 2.45) is 7.05 Å². The van der Waals surface area contributed by atoms with Crippen molar-refractivity contribution in [1.82, 2.24) is 4.57 Å². The third kappa shape index (κ3) is 2.53. The monoisotopic (exact) mass is 262 g/mol. The van der Waals surface area contributed by atoms with Crippen molar-refractivity contribution < 1.29 is 0 Å². The number of thioether (sulfide) groups is 1. The van der Waals surface area contributed by atoms with Crippen molar-refractivity contribution in [2.75, 3.05) is 17.3 Å². The van der Waals surface area contributed by atoms with E-state index >= 15 is 0 Å². The number of hydrogen-bond acceptors (Lipinski definition) is 3. The average Bonchev–Trinajstić information content (AvgIpc) is 2.36. The highest BCUT2D eigenvalue weighted by Gasteiger charge is 2.08. The van der Waals surface area contributed by atoms with Crippen LogP contribution < -0.4 is 10.9 Å². The molecule has 2 rings (SSSR count). The van der Waals surface area contributed by atoms with Crippen LogP contribution in [0.3, 0.4) is 0 Å². The average molecular weight is 262 g/mol. The summed E-state index contributed by atoms with van der Waals surface area (Å²) in [6.07, 6.45) is 2.08. The molecule has 2 aromatic rings. The Balaban J connectivity index is 2.50. The van der Waals surface area contributed by atoms with Crippen molar-refractivity contribution in [3.63, 3.8) is 0 Å². The lowest BCUT2D eigenvalue weighted by molar-refractivity contribution is 0.891. The third-order valence-corrected chi connectivity index (χ3v) is 3.81. The second-order valence-electron chi connectivity index (χ2n) is 4.47. The van der Waals surface area contributed by atoms with Crippen LogP contribution in [-0.2, 0) is 7.05 Å². The first-order valence-electron chi connectivity index (χ1n) is 5.97. The van der Waals surface area contributed by atoms with E-state index in [0.717, 1.165) is 22.3 Å². The molecule has 0 aliphatic rings. The molecule has 0 saturated heterocycles. The van der Waals surface area contributed by atoms with Gasteiger partial charge in [0.05, 0.1) is 5.52 Å². The van der Waals surface area contributed by atoms with E-state index in [9.17, 15) is 4.79 Å². The van der Waals surface area contributed by atoms with Gasteiger partial charge >= 0.3 is 0 Å². The number of benzene rings is 1.